The quantitative estimate of drug-likeness (QED) is 0.663. The van der Waals surface area contributed by atoms with Crippen LogP contribution in [0.15, 0.2) is 18.2 Å². The maximum absolute atomic E-state index is 11.1. The smallest absolute Gasteiger partial charge is 0.131 e. The van der Waals surface area contributed by atoms with Crippen LogP contribution in [0.1, 0.15) is 56.1 Å². The molecule has 3 aliphatic carbocycles. The first kappa shape index (κ1) is 15.5. The highest BCUT2D eigenvalue weighted by Crippen LogP contribution is 2.64. The molecule has 23 heavy (non-hydrogen) atoms. The molecule has 1 aromatic carbocycles. The van der Waals surface area contributed by atoms with Crippen LogP contribution in [0, 0.1) is 28.0 Å². The van der Waals surface area contributed by atoms with Gasteiger partial charge in [-0.2, -0.15) is 0 Å². The van der Waals surface area contributed by atoms with Gasteiger partial charge in [-0.15, -0.1) is 0 Å². The number of fused-ring (bicyclic) bond motifs is 5. The standard InChI is InChI=1S/C20H23BrO2/c1-19-8-6-16-15-5-3-14(22)12-13(15)2-4-17(16)18(19)7-9-20(19,23)10-11-21/h3,5,12,16-18,22-23H,2,4,6-9H2,1H3/t16-,17-,18+,19+,20-/m1/s1. The molecule has 0 radical (unpaired) electrons. The Kier molecular flexibility index (Phi) is 3.55. The van der Waals surface area contributed by atoms with Crippen LogP contribution < -0.4 is 0 Å². The Morgan fingerprint density at radius 2 is 2.04 bits per heavy atom. The molecule has 2 fully saturated rings. The van der Waals surface area contributed by atoms with E-state index in [0.29, 0.717) is 23.5 Å². The number of hydrogen-bond acceptors (Lipinski definition) is 2. The maximum atomic E-state index is 11.1. The van der Waals surface area contributed by atoms with Crippen LogP contribution in [0.3, 0.4) is 0 Å². The van der Waals surface area contributed by atoms with Gasteiger partial charge in [-0.25, -0.2) is 0 Å². The SMILES string of the molecule is C[C@]12CC[C@@H]3c4ccc(O)cc4CC[C@H]3[C@@H]1CC[C@@]2(O)C#CBr. The maximum Gasteiger partial charge on any atom is 0.131 e. The summed E-state index contributed by atoms with van der Waals surface area (Å²) in [6.07, 6.45) is 6.21. The third-order valence-corrected chi connectivity index (χ3v) is 7.31. The number of aliphatic hydroxyl groups is 1. The lowest BCUT2D eigenvalue weighted by atomic mass is 9.53. The summed E-state index contributed by atoms with van der Waals surface area (Å²) in [4.78, 5) is 2.79. The van der Waals surface area contributed by atoms with E-state index in [9.17, 15) is 10.2 Å². The van der Waals surface area contributed by atoms with Gasteiger partial charge in [-0.05, 0) is 84.4 Å². The van der Waals surface area contributed by atoms with Crippen molar-refractivity contribution in [2.75, 3.05) is 0 Å². The summed E-state index contributed by atoms with van der Waals surface area (Å²) in [5, 5.41) is 20.9. The molecule has 4 rings (SSSR count). The molecule has 3 aliphatic rings. The zero-order valence-corrected chi connectivity index (χ0v) is 15.1. The second-order valence-corrected chi connectivity index (χ2v) is 8.27. The van der Waals surface area contributed by atoms with Crippen molar-refractivity contribution in [3.8, 4) is 16.5 Å². The van der Waals surface area contributed by atoms with Gasteiger partial charge in [0, 0.05) is 21.3 Å². The van der Waals surface area contributed by atoms with Gasteiger partial charge < -0.3 is 10.2 Å². The van der Waals surface area contributed by atoms with Crippen molar-refractivity contribution in [2.24, 2.45) is 17.3 Å². The Bertz CT molecular complexity index is 703. The molecule has 1 aromatic rings. The summed E-state index contributed by atoms with van der Waals surface area (Å²) in [7, 11) is 0. The van der Waals surface area contributed by atoms with Crippen molar-refractivity contribution in [3.05, 3.63) is 29.3 Å². The lowest BCUT2D eigenvalue weighted by Gasteiger charge is -2.52. The molecule has 122 valence electrons. The molecule has 0 aliphatic heterocycles. The molecule has 2 saturated carbocycles. The minimum atomic E-state index is -0.846. The molecular weight excluding hydrogens is 352 g/mol. The summed E-state index contributed by atoms with van der Waals surface area (Å²) in [5.41, 5.74) is 1.82. The summed E-state index contributed by atoms with van der Waals surface area (Å²) in [6.45, 7) is 2.25. The van der Waals surface area contributed by atoms with E-state index in [2.05, 4.69) is 39.7 Å². The average molecular weight is 375 g/mol. The van der Waals surface area contributed by atoms with Gasteiger partial charge in [0.1, 0.15) is 11.4 Å². The number of benzene rings is 1. The average Bonchev–Trinajstić information content (AvgIpc) is 2.79. The third-order valence-electron chi connectivity index (χ3n) is 7.12. The van der Waals surface area contributed by atoms with Crippen molar-refractivity contribution in [2.45, 2.75) is 57.0 Å². The Labute approximate surface area is 146 Å². The fourth-order valence-electron chi connectivity index (χ4n) is 5.87. The van der Waals surface area contributed by atoms with Crippen molar-refractivity contribution in [1.82, 2.24) is 0 Å². The minimum Gasteiger partial charge on any atom is -0.508 e. The highest BCUT2D eigenvalue weighted by atomic mass is 79.9. The molecule has 2 N–H and O–H groups in total. The fourth-order valence-corrected chi connectivity index (χ4v) is 6.20. The van der Waals surface area contributed by atoms with E-state index in [1.165, 1.54) is 17.5 Å². The van der Waals surface area contributed by atoms with Crippen LogP contribution in [0.4, 0.5) is 0 Å². The van der Waals surface area contributed by atoms with Gasteiger partial charge in [0.2, 0.25) is 0 Å². The van der Waals surface area contributed by atoms with Gasteiger partial charge in [-0.1, -0.05) is 18.9 Å². The number of halogens is 1. The monoisotopic (exact) mass is 374 g/mol. The van der Waals surface area contributed by atoms with Gasteiger partial charge >= 0.3 is 0 Å². The van der Waals surface area contributed by atoms with Crippen molar-refractivity contribution < 1.29 is 10.2 Å². The fraction of sp³-hybridized carbons (Fsp3) is 0.600. The molecule has 5 atom stereocenters. The molecule has 0 aromatic heterocycles. The number of aryl methyl sites for hydroxylation is 1. The van der Waals surface area contributed by atoms with Crippen LogP contribution in [-0.2, 0) is 6.42 Å². The molecule has 0 spiro atoms. The highest BCUT2D eigenvalue weighted by Gasteiger charge is 2.61. The Hall–Kier alpha value is -0.980. The van der Waals surface area contributed by atoms with E-state index in [1.54, 1.807) is 0 Å². The topological polar surface area (TPSA) is 40.5 Å². The summed E-state index contributed by atoms with van der Waals surface area (Å²) < 4.78 is 0. The van der Waals surface area contributed by atoms with Gasteiger partial charge in [0.05, 0.1) is 0 Å². The first-order valence-corrected chi connectivity index (χ1v) is 9.45. The summed E-state index contributed by atoms with van der Waals surface area (Å²) in [5.74, 6) is 5.21. The highest BCUT2D eigenvalue weighted by molar-refractivity contribution is 9.12. The molecule has 0 heterocycles. The zero-order valence-electron chi connectivity index (χ0n) is 13.5. The second kappa shape index (κ2) is 5.26. The minimum absolute atomic E-state index is 0.0939. The van der Waals surface area contributed by atoms with Crippen molar-refractivity contribution in [1.29, 1.82) is 0 Å². The predicted octanol–water partition coefficient (Wildman–Crippen LogP) is 4.34. The van der Waals surface area contributed by atoms with E-state index in [4.69, 9.17) is 0 Å². The molecule has 0 saturated heterocycles. The molecular formula is C20H23BrO2. The third kappa shape index (κ3) is 2.11. The molecule has 0 amide bonds. The molecule has 0 unspecified atom stereocenters. The van der Waals surface area contributed by atoms with Crippen molar-refractivity contribution >= 4 is 15.9 Å². The summed E-state index contributed by atoms with van der Waals surface area (Å²) in [6, 6.07) is 5.90. The second-order valence-electron chi connectivity index (χ2n) is 7.87. The van der Waals surface area contributed by atoms with E-state index < -0.39 is 5.60 Å². The van der Waals surface area contributed by atoms with Gasteiger partial charge in [0.15, 0.2) is 0 Å². The number of aromatic hydroxyl groups is 1. The zero-order chi connectivity index (χ0) is 16.2. The van der Waals surface area contributed by atoms with Gasteiger partial charge in [-0.3, -0.25) is 0 Å². The predicted molar refractivity (Wildman–Crippen MR) is 94.4 cm³/mol. The normalized spacial score (nSPS) is 41.3. The molecule has 0 bridgehead atoms. The van der Waals surface area contributed by atoms with E-state index in [-0.39, 0.29) is 5.41 Å². The number of phenols is 1. The first-order valence-electron chi connectivity index (χ1n) is 8.65. The number of phenolic OH excluding ortho intramolecular Hbond substituents is 1. The van der Waals surface area contributed by atoms with Gasteiger partial charge in [0.25, 0.3) is 0 Å². The van der Waals surface area contributed by atoms with E-state index in [0.717, 1.165) is 32.1 Å². The molecule has 3 heteroatoms. The van der Waals surface area contributed by atoms with E-state index in [1.807, 2.05) is 12.1 Å². The van der Waals surface area contributed by atoms with Crippen LogP contribution >= 0.6 is 15.9 Å². The Morgan fingerprint density at radius 3 is 2.83 bits per heavy atom. The van der Waals surface area contributed by atoms with Crippen LogP contribution in [0.5, 0.6) is 5.75 Å². The Balaban J connectivity index is 1.71. The first-order chi connectivity index (χ1) is 11.0. The van der Waals surface area contributed by atoms with Crippen LogP contribution in [0.2, 0.25) is 0 Å². The van der Waals surface area contributed by atoms with Crippen LogP contribution in [0.25, 0.3) is 0 Å². The van der Waals surface area contributed by atoms with Crippen LogP contribution in [-0.4, -0.2) is 15.8 Å². The largest absolute Gasteiger partial charge is 0.508 e. The Morgan fingerprint density at radius 1 is 1.22 bits per heavy atom. The van der Waals surface area contributed by atoms with Crippen molar-refractivity contribution in [3.63, 3.8) is 0 Å². The number of rotatable bonds is 0. The van der Waals surface area contributed by atoms with E-state index >= 15 is 0 Å². The molecule has 2 nitrogen and oxygen atoms in total. The lowest BCUT2D eigenvalue weighted by molar-refractivity contribution is -0.0647. The lowest BCUT2D eigenvalue weighted by Crippen LogP contribution is -2.50. The summed E-state index contributed by atoms with van der Waals surface area (Å²) >= 11 is 3.19. The number of hydrogen-bond donors (Lipinski definition) is 2.